The molecule has 0 spiro atoms. The molecule has 0 bridgehead atoms. The van der Waals surface area contributed by atoms with E-state index >= 15 is 0 Å². The van der Waals surface area contributed by atoms with Crippen LogP contribution in [-0.2, 0) is 17.6 Å². The molecule has 0 saturated heterocycles. The number of methoxy groups -OCH3 is 1. The van der Waals surface area contributed by atoms with Crippen molar-refractivity contribution in [2.75, 3.05) is 12.4 Å². The third-order valence-corrected chi connectivity index (χ3v) is 5.26. The van der Waals surface area contributed by atoms with E-state index in [1.54, 1.807) is 19.1 Å². The van der Waals surface area contributed by atoms with Crippen LogP contribution in [0.4, 0.5) is 5.00 Å². The molecule has 122 valence electrons. The number of aryl methyl sites for hydroxylation is 1. The molecule has 1 atom stereocenters. The number of amides is 1. The smallest absolute Gasteiger partial charge is 0.341 e. The van der Waals surface area contributed by atoms with Crippen molar-refractivity contribution in [3.8, 4) is 0 Å². The first-order valence-electron chi connectivity index (χ1n) is 7.60. The van der Waals surface area contributed by atoms with E-state index in [9.17, 15) is 9.59 Å². The van der Waals surface area contributed by atoms with Gasteiger partial charge in [0.15, 0.2) is 5.76 Å². The summed E-state index contributed by atoms with van der Waals surface area (Å²) in [5.41, 5.74) is 1.52. The first-order chi connectivity index (χ1) is 11.0. The van der Waals surface area contributed by atoms with Crippen LogP contribution in [0, 0.1) is 12.8 Å². The van der Waals surface area contributed by atoms with Crippen LogP contribution in [0.2, 0.25) is 0 Å². The maximum absolute atomic E-state index is 12.3. The number of rotatable bonds is 3. The number of nitrogens with one attached hydrogen (secondary N) is 1. The van der Waals surface area contributed by atoms with Gasteiger partial charge in [-0.15, -0.1) is 11.3 Å². The van der Waals surface area contributed by atoms with Crippen LogP contribution < -0.4 is 5.32 Å². The predicted octanol–water partition coefficient (Wildman–Crippen LogP) is 3.81. The van der Waals surface area contributed by atoms with Crippen molar-refractivity contribution in [3.63, 3.8) is 0 Å². The van der Waals surface area contributed by atoms with Crippen molar-refractivity contribution in [1.82, 2.24) is 0 Å². The third-order valence-electron chi connectivity index (χ3n) is 4.09. The van der Waals surface area contributed by atoms with Crippen molar-refractivity contribution in [1.29, 1.82) is 0 Å². The summed E-state index contributed by atoms with van der Waals surface area (Å²) in [4.78, 5) is 25.7. The summed E-state index contributed by atoms with van der Waals surface area (Å²) in [6.45, 7) is 3.98. The van der Waals surface area contributed by atoms with E-state index in [2.05, 4.69) is 12.2 Å². The topological polar surface area (TPSA) is 68.5 Å². The van der Waals surface area contributed by atoms with E-state index in [1.165, 1.54) is 18.4 Å². The van der Waals surface area contributed by atoms with Crippen LogP contribution >= 0.6 is 11.3 Å². The van der Waals surface area contributed by atoms with Crippen molar-refractivity contribution in [2.45, 2.75) is 33.1 Å². The molecular formula is C17H19NO4S. The Morgan fingerprint density at radius 3 is 2.83 bits per heavy atom. The van der Waals surface area contributed by atoms with Gasteiger partial charge in [-0.1, -0.05) is 6.92 Å². The summed E-state index contributed by atoms with van der Waals surface area (Å²) in [5.74, 6) is 0.737. The largest absolute Gasteiger partial charge is 0.465 e. The number of anilines is 1. The molecule has 1 amide bonds. The highest BCUT2D eigenvalue weighted by Gasteiger charge is 2.29. The predicted molar refractivity (Wildman–Crippen MR) is 88.2 cm³/mol. The van der Waals surface area contributed by atoms with E-state index in [-0.39, 0.29) is 11.7 Å². The van der Waals surface area contributed by atoms with E-state index in [0.717, 1.165) is 29.7 Å². The second-order valence-electron chi connectivity index (χ2n) is 5.91. The Kier molecular flexibility index (Phi) is 4.26. The van der Waals surface area contributed by atoms with Gasteiger partial charge in [-0.25, -0.2) is 4.79 Å². The molecular weight excluding hydrogens is 314 g/mol. The zero-order valence-electron chi connectivity index (χ0n) is 13.4. The number of thiophene rings is 1. The summed E-state index contributed by atoms with van der Waals surface area (Å²) >= 11 is 1.46. The van der Waals surface area contributed by atoms with Gasteiger partial charge in [-0.05, 0) is 49.8 Å². The lowest BCUT2D eigenvalue weighted by atomic mass is 9.88. The molecule has 0 aliphatic heterocycles. The Bertz CT molecular complexity index is 759. The van der Waals surface area contributed by atoms with E-state index < -0.39 is 5.97 Å². The standard InChI is InChI=1S/C17H19NO4S/c1-9-4-6-11-13(8-9)23-16(14(11)17(20)21-3)18-15(19)12-7-5-10(2)22-12/h5,7,9H,4,6,8H2,1-3H3,(H,18,19)/t9-/m0/s1. The second kappa shape index (κ2) is 6.20. The summed E-state index contributed by atoms with van der Waals surface area (Å²) in [5, 5.41) is 3.36. The Hall–Kier alpha value is -2.08. The first kappa shape index (κ1) is 15.8. The number of carbonyl (C=O) groups is 2. The van der Waals surface area contributed by atoms with Crippen LogP contribution in [-0.4, -0.2) is 19.0 Å². The van der Waals surface area contributed by atoms with Crippen LogP contribution in [0.25, 0.3) is 0 Å². The number of hydrogen-bond donors (Lipinski definition) is 1. The van der Waals surface area contributed by atoms with Crippen LogP contribution in [0.15, 0.2) is 16.5 Å². The Balaban J connectivity index is 1.95. The van der Waals surface area contributed by atoms with Crippen molar-refractivity contribution < 1.29 is 18.7 Å². The molecule has 0 aromatic carbocycles. The van der Waals surface area contributed by atoms with Crippen LogP contribution in [0.3, 0.4) is 0 Å². The molecule has 1 aliphatic rings. The zero-order chi connectivity index (χ0) is 16.6. The molecule has 3 rings (SSSR count). The third kappa shape index (κ3) is 3.03. The normalized spacial score (nSPS) is 16.7. The molecule has 2 aromatic heterocycles. The fraction of sp³-hybridized carbons (Fsp3) is 0.412. The maximum atomic E-state index is 12.3. The van der Waals surface area contributed by atoms with Gasteiger partial charge in [-0.3, -0.25) is 4.79 Å². The highest BCUT2D eigenvalue weighted by molar-refractivity contribution is 7.17. The lowest BCUT2D eigenvalue weighted by molar-refractivity contribution is 0.0601. The van der Waals surface area contributed by atoms with Gasteiger partial charge < -0.3 is 14.5 Å². The maximum Gasteiger partial charge on any atom is 0.341 e. The van der Waals surface area contributed by atoms with E-state index in [4.69, 9.17) is 9.15 Å². The summed E-state index contributed by atoms with van der Waals surface area (Å²) in [7, 11) is 1.36. The number of fused-ring (bicyclic) bond motifs is 1. The number of hydrogen-bond acceptors (Lipinski definition) is 5. The molecule has 0 unspecified atom stereocenters. The fourth-order valence-electron chi connectivity index (χ4n) is 2.88. The number of ether oxygens (including phenoxy) is 1. The molecule has 1 N–H and O–H groups in total. The molecule has 23 heavy (non-hydrogen) atoms. The van der Waals surface area contributed by atoms with Crippen molar-refractivity contribution in [2.24, 2.45) is 5.92 Å². The highest BCUT2D eigenvalue weighted by Crippen LogP contribution is 2.40. The molecule has 0 saturated carbocycles. The van der Waals surface area contributed by atoms with Gasteiger partial charge in [0.05, 0.1) is 12.7 Å². The molecule has 0 fully saturated rings. The van der Waals surface area contributed by atoms with Crippen molar-refractivity contribution >= 4 is 28.2 Å². The Labute approximate surface area is 138 Å². The molecule has 5 nitrogen and oxygen atoms in total. The minimum absolute atomic E-state index is 0.234. The summed E-state index contributed by atoms with van der Waals surface area (Å²) in [6.07, 6.45) is 2.81. The lowest BCUT2D eigenvalue weighted by Crippen LogP contribution is -2.15. The van der Waals surface area contributed by atoms with Gasteiger partial charge in [0.1, 0.15) is 10.8 Å². The van der Waals surface area contributed by atoms with Gasteiger partial charge in [-0.2, -0.15) is 0 Å². The van der Waals surface area contributed by atoms with Gasteiger partial charge in [0, 0.05) is 4.88 Å². The highest BCUT2D eigenvalue weighted by atomic mass is 32.1. The molecule has 6 heteroatoms. The van der Waals surface area contributed by atoms with Crippen LogP contribution in [0.1, 0.15) is 50.5 Å². The van der Waals surface area contributed by atoms with E-state index in [0.29, 0.717) is 22.2 Å². The summed E-state index contributed by atoms with van der Waals surface area (Å²) < 4.78 is 10.3. The lowest BCUT2D eigenvalue weighted by Gasteiger charge is -2.18. The molecule has 2 aromatic rings. The molecule has 0 radical (unpaired) electrons. The average Bonchev–Trinajstić information content (AvgIpc) is 3.09. The van der Waals surface area contributed by atoms with Gasteiger partial charge in [0.2, 0.25) is 0 Å². The fourth-order valence-corrected chi connectivity index (χ4v) is 4.27. The number of furan rings is 1. The van der Waals surface area contributed by atoms with Gasteiger partial charge >= 0.3 is 5.97 Å². The van der Waals surface area contributed by atoms with Gasteiger partial charge in [0.25, 0.3) is 5.91 Å². The quantitative estimate of drug-likeness (QED) is 0.867. The van der Waals surface area contributed by atoms with Crippen molar-refractivity contribution in [3.05, 3.63) is 39.7 Å². The number of esters is 1. The SMILES string of the molecule is COC(=O)c1c(NC(=O)c2ccc(C)o2)sc2c1CC[C@H](C)C2. The second-order valence-corrected chi connectivity index (χ2v) is 7.02. The zero-order valence-corrected chi connectivity index (χ0v) is 14.2. The average molecular weight is 333 g/mol. The Morgan fingerprint density at radius 2 is 2.17 bits per heavy atom. The summed E-state index contributed by atoms with van der Waals surface area (Å²) in [6, 6.07) is 3.36. The molecule has 2 heterocycles. The minimum Gasteiger partial charge on any atom is -0.465 e. The molecule has 1 aliphatic carbocycles. The van der Waals surface area contributed by atoms with Crippen LogP contribution in [0.5, 0.6) is 0 Å². The van der Waals surface area contributed by atoms with E-state index in [1.807, 2.05) is 0 Å². The number of carbonyl (C=O) groups excluding carboxylic acids is 2. The first-order valence-corrected chi connectivity index (χ1v) is 8.42. The monoisotopic (exact) mass is 333 g/mol. The minimum atomic E-state index is -0.400. The Morgan fingerprint density at radius 1 is 1.39 bits per heavy atom.